The van der Waals surface area contributed by atoms with E-state index < -0.39 is 25.1 Å². The Kier molecular flexibility index (Phi) is 7.03. The number of anilines is 1. The molecule has 0 amide bonds. The van der Waals surface area contributed by atoms with Crippen molar-refractivity contribution in [3.8, 4) is 0 Å². The first-order chi connectivity index (χ1) is 17.3. The van der Waals surface area contributed by atoms with Gasteiger partial charge in [-0.1, -0.05) is 25.5 Å². The van der Waals surface area contributed by atoms with Crippen LogP contribution in [0.3, 0.4) is 0 Å². The number of aromatic nitrogens is 1. The molecule has 1 fully saturated rings. The van der Waals surface area contributed by atoms with E-state index in [9.17, 15) is 18.3 Å². The van der Waals surface area contributed by atoms with E-state index in [-0.39, 0.29) is 11.9 Å². The fourth-order valence-corrected chi connectivity index (χ4v) is 5.68. The van der Waals surface area contributed by atoms with Crippen molar-refractivity contribution in [2.45, 2.75) is 57.2 Å². The quantitative estimate of drug-likeness (QED) is 0.380. The third-order valence-electron chi connectivity index (χ3n) is 7.60. The van der Waals surface area contributed by atoms with Gasteiger partial charge in [0.15, 0.2) is 0 Å². The van der Waals surface area contributed by atoms with E-state index in [0.717, 1.165) is 47.5 Å². The number of H-pyrrole nitrogens is 1. The maximum atomic E-state index is 14.4. The number of likely N-dealkylation sites (tertiary alicyclic amines) is 1. The largest absolute Gasteiger partial charge is 0.390 e. The number of nitrogens with zero attached hydrogens (tertiary/aromatic N) is 2. The van der Waals surface area contributed by atoms with E-state index in [1.165, 1.54) is 25.0 Å². The van der Waals surface area contributed by atoms with Gasteiger partial charge in [0.25, 0.3) is 5.92 Å². The van der Waals surface area contributed by atoms with Crippen LogP contribution in [-0.4, -0.2) is 70.7 Å². The lowest BCUT2D eigenvalue weighted by molar-refractivity contribution is -0.0864. The number of halogens is 3. The van der Waals surface area contributed by atoms with Gasteiger partial charge in [-0.25, -0.2) is 13.2 Å². The summed E-state index contributed by atoms with van der Waals surface area (Å²) in [5.74, 6) is -3.56. The summed E-state index contributed by atoms with van der Waals surface area (Å²) in [6.45, 7) is 5.57. The van der Waals surface area contributed by atoms with E-state index >= 15 is 0 Å². The molecule has 5 rings (SSSR count). The predicted octanol–water partition coefficient (Wildman–Crippen LogP) is 5.17. The summed E-state index contributed by atoms with van der Waals surface area (Å²) in [7, 11) is 0. The minimum atomic E-state index is -3.22. The van der Waals surface area contributed by atoms with Crippen LogP contribution >= 0.6 is 0 Å². The smallest absolute Gasteiger partial charge is 0.283 e. The third kappa shape index (κ3) is 4.99. The van der Waals surface area contributed by atoms with Gasteiger partial charge in [0, 0.05) is 41.4 Å². The van der Waals surface area contributed by atoms with Crippen LogP contribution in [0.2, 0.25) is 0 Å². The van der Waals surface area contributed by atoms with Gasteiger partial charge in [-0.05, 0) is 67.8 Å². The van der Waals surface area contributed by atoms with Gasteiger partial charge in [-0.3, -0.25) is 9.80 Å². The van der Waals surface area contributed by atoms with Gasteiger partial charge >= 0.3 is 0 Å². The monoisotopic (exact) mass is 500 g/mol. The average Bonchev–Trinajstić information content (AvgIpc) is 3.18. The van der Waals surface area contributed by atoms with E-state index in [4.69, 9.17) is 0 Å². The highest BCUT2D eigenvalue weighted by Crippen LogP contribution is 2.42. The lowest BCUT2D eigenvalue weighted by atomic mass is 9.88. The van der Waals surface area contributed by atoms with Crippen molar-refractivity contribution in [2.75, 3.05) is 38.1 Å². The summed E-state index contributed by atoms with van der Waals surface area (Å²) in [5.41, 5.74) is 4.41. The van der Waals surface area contributed by atoms with Crippen LogP contribution in [0.15, 0.2) is 42.5 Å². The van der Waals surface area contributed by atoms with Crippen LogP contribution in [0.5, 0.6) is 0 Å². The summed E-state index contributed by atoms with van der Waals surface area (Å²) < 4.78 is 42.8. The summed E-state index contributed by atoms with van der Waals surface area (Å²) in [6, 6.07) is 12.4. The molecule has 2 aliphatic rings. The zero-order valence-electron chi connectivity index (χ0n) is 20.9. The molecule has 3 heterocycles. The van der Waals surface area contributed by atoms with Crippen LogP contribution in [0.1, 0.15) is 49.6 Å². The molecule has 0 saturated carbocycles. The Labute approximate surface area is 210 Å². The van der Waals surface area contributed by atoms with Gasteiger partial charge in [-0.2, -0.15) is 0 Å². The fourth-order valence-electron chi connectivity index (χ4n) is 5.68. The van der Waals surface area contributed by atoms with Crippen molar-refractivity contribution in [1.29, 1.82) is 0 Å². The minimum absolute atomic E-state index is 0.189. The summed E-state index contributed by atoms with van der Waals surface area (Å²) in [6.07, 6.45) is 2.98. The standard InChI is InChI=1S/C28H35F3N4O/c1-3-4-11-34-14-22(15-34)32-21-8-5-19(6-9-21)27-26-24(23-10-7-20(29)13-25(23)33-26)12-18(2)35(27)16-28(30,31)17-36/h5-10,13,18,22,27,32-33,36H,3-4,11-12,14-17H2,1-2H3/t18-,27-/m1/s1. The number of aliphatic hydroxyl groups is 1. The molecule has 8 heteroatoms. The van der Waals surface area contributed by atoms with Gasteiger partial charge in [-0.15, -0.1) is 0 Å². The first-order valence-corrected chi connectivity index (χ1v) is 12.9. The molecule has 0 bridgehead atoms. The third-order valence-corrected chi connectivity index (χ3v) is 7.60. The Bertz CT molecular complexity index is 1190. The number of unbranched alkanes of at least 4 members (excludes halogenated alkanes) is 1. The average molecular weight is 501 g/mol. The fraction of sp³-hybridized carbons (Fsp3) is 0.500. The molecule has 5 nitrogen and oxygen atoms in total. The van der Waals surface area contributed by atoms with Gasteiger partial charge in [0.2, 0.25) is 0 Å². The molecule has 2 aromatic carbocycles. The number of hydrogen-bond donors (Lipinski definition) is 3. The van der Waals surface area contributed by atoms with Gasteiger partial charge in [0.05, 0.1) is 18.6 Å². The second-order valence-corrected chi connectivity index (χ2v) is 10.4. The van der Waals surface area contributed by atoms with Gasteiger partial charge < -0.3 is 15.4 Å². The number of alkyl halides is 2. The molecule has 3 aromatic rings. The molecule has 2 atom stereocenters. The number of nitrogens with one attached hydrogen (secondary N) is 2. The number of hydrogen-bond acceptors (Lipinski definition) is 4. The number of aliphatic hydroxyl groups excluding tert-OH is 1. The zero-order valence-corrected chi connectivity index (χ0v) is 20.9. The van der Waals surface area contributed by atoms with Crippen LogP contribution in [0, 0.1) is 5.82 Å². The van der Waals surface area contributed by atoms with E-state index in [1.54, 1.807) is 11.0 Å². The molecule has 0 radical (unpaired) electrons. The number of aromatic amines is 1. The topological polar surface area (TPSA) is 54.5 Å². The van der Waals surface area contributed by atoms with Crippen molar-refractivity contribution < 1.29 is 18.3 Å². The number of fused-ring (bicyclic) bond motifs is 3. The van der Waals surface area contributed by atoms with Crippen molar-refractivity contribution >= 4 is 16.6 Å². The maximum Gasteiger partial charge on any atom is 0.283 e. The van der Waals surface area contributed by atoms with Crippen LogP contribution in [0.4, 0.5) is 18.9 Å². The highest BCUT2D eigenvalue weighted by atomic mass is 19.3. The predicted molar refractivity (Wildman–Crippen MR) is 137 cm³/mol. The molecule has 0 spiro atoms. The Balaban J connectivity index is 1.43. The molecule has 36 heavy (non-hydrogen) atoms. The van der Waals surface area contributed by atoms with Crippen LogP contribution < -0.4 is 5.32 Å². The van der Waals surface area contributed by atoms with Crippen LogP contribution in [0.25, 0.3) is 10.9 Å². The minimum Gasteiger partial charge on any atom is -0.390 e. The normalized spacial score (nSPS) is 21.5. The molecule has 194 valence electrons. The molecule has 0 aliphatic carbocycles. The molecule has 1 aromatic heterocycles. The molecular formula is C28H35F3N4O. The zero-order chi connectivity index (χ0) is 25.4. The maximum absolute atomic E-state index is 14.4. The van der Waals surface area contributed by atoms with Gasteiger partial charge in [0.1, 0.15) is 12.4 Å². The summed E-state index contributed by atoms with van der Waals surface area (Å²) in [5, 5.41) is 13.8. The van der Waals surface area contributed by atoms with Crippen molar-refractivity contribution in [1.82, 2.24) is 14.8 Å². The Morgan fingerprint density at radius 1 is 1.14 bits per heavy atom. The summed E-state index contributed by atoms with van der Waals surface area (Å²) >= 11 is 0. The Morgan fingerprint density at radius 3 is 2.58 bits per heavy atom. The lowest BCUT2D eigenvalue weighted by Gasteiger charge is -2.42. The lowest BCUT2D eigenvalue weighted by Crippen LogP contribution is -2.54. The summed E-state index contributed by atoms with van der Waals surface area (Å²) in [4.78, 5) is 7.53. The molecule has 1 saturated heterocycles. The number of rotatable bonds is 9. The van der Waals surface area contributed by atoms with Crippen LogP contribution in [-0.2, 0) is 6.42 Å². The Morgan fingerprint density at radius 2 is 1.89 bits per heavy atom. The number of benzene rings is 2. The highest BCUT2D eigenvalue weighted by Gasteiger charge is 2.41. The first-order valence-electron chi connectivity index (χ1n) is 12.9. The second-order valence-electron chi connectivity index (χ2n) is 10.4. The molecular weight excluding hydrogens is 465 g/mol. The second kappa shape index (κ2) is 10.1. The van der Waals surface area contributed by atoms with E-state index in [0.29, 0.717) is 18.0 Å². The van der Waals surface area contributed by atoms with Crippen molar-refractivity contribution in [3.63, 3.8) is 0 Å². The first kappa shape index (κ1) is 25.1. The Hall–Kier alpha value is -2.55. The van der Waals surface area contributed by atoms with E-state index in [1.807, 2.05) is 31.2 Å². The molecule has 2 aliphatic heterocycles. The highest BCUT2D eigenvalue weighted by molar-refractivity contribution is 5.85. The molecule has 3 N–H and O–H groups in total. The molecule has 0 unspecified atom stereocenters. The van der Waals surface area contributed by atoms with Crippen molar-refractivity contribution in [3.05, 3.63) is 65.1 Å². The SMILES string of the molecule is CCCCN1CC(Nc2ccc([C@@H]3c4[nH]c5cc(F)ccc5c4C[C@@H](C)N3CC(F)(F)CO)cc2)C1. The van der Waals surface area contributed by atoms with E-state index in [2.05, 4.69) is 22.1 Å². The van der Waals surface area contributed by atoms with Crippen molar-refractivity contribution in [2.24, 2.45) is 0 Å².